The van der Waals surface area contributed by atoms with Crippen LogP contribution in [0.2, 0.25) is 0 Å². The SMILES string of the molecule is CCC1(NCc2cccc(C)c2)c2c(-c3ccccc3)cc(F)c(C)c21. The summed E-state index contributed by atoms with van der Waals surface area (Å²) < 4.78 is 14.6. The Morgan fingerprint density at radius 1 is 0.923 bits per heavy atom. The zero-order valence-electron chi connectivity index (χ0n) is 15.6. The first kappa shape index (κ1) is 17.0. The lowest BCUT2D eigenvalue weighted by Crippen LogP contribution is -2.29. The second kappa shape index (κ2) is 6.37. The van der Waals surface area contributed by atoms with E-state index in [1.165, 1.54) is 16.7 Å². The molecule has 0 heterocycles. The van der Waals surface area contributed by atoms with E-state index in [9.17, 15) is 4.39 Å². The number of rotatable bonds is 5. The predicted octanol–water partition coefficient (Wildman–Crippen LogP) is 5.87. The monoisotopic (exact) mass is 345 g/mol. The van der Waals surface area contributed by atoms with Crippen molar-refractivity contribution >= 4 is 0 Å². The zero-order chi connectivity index (χ0) is 18.3. The van der Waals surface area contributed by atoms with Gasteiger partial charge in [0.25, 0.3) is 0 Å². The molecule has 0 spiro atoms. The highest BCUT2D eigenvalue weighted by atomic mass is 19.1. The van der Waals surface area contributed by atoms with E-state index in [1.54, 1.807) is 6.07 Å². The lowest BCUT2D eigenvalue weighted by atomic mass is 10.0. The molecule has 3 aromatic carbocycles. The highest BCUT2D eigenvalue weighted by Gasteiger charge is 2.52. The number of aryl methyl sites for hydroxylation is 1. The van der Waals surface area contributed by atoms with E-state index in [4.69, 9.17) is 0 Å². The zero-order valence-corrected chi connectivity index (χ0v) is 15.6. The van der Waals surface area contributed by atoms with Crippen LogP contribution < -0.4 is 5.32 Å². The molecule has 1 aliphatic carbocycles. The highest BCUT2D eigenvalue weighted by molar-refractivity contribution is 5.81. The van der Waals surface area contributed by atoms with Gasteiger partial charge in [0.05, 0.1) is 5.54 Å². The van der Waals surface area contributed by atoms with Crippen molar-refractivity contribution in [3.05, 3.63) is 94.3 Å². The third-order valence-electron chi connectivity index (χ3n) is 5.61. The van der Waals surface area contributed by atoms with E-state index >= 15 is 0 Å². The lowest BCUT2D eigenvalue weighted by molar-refractivity contribution is 0.463. The average Bonchev–Trinajstić information content (AvgIpc) is 3.33. The molecule has 1 N–H and O–H groups in total. The maximum absolute atomic E-state index is 14.6. The Morgan fingerprint density at radius 2 is 1.69 bits per heavy atom. The summed E-state index contributed by atoms with van der Waals surface area (Å²) in [6, 6.07) is 20.4. The normalized spacial score (nSPS) is 17.8. The summed E-state index contributed by atoms with van der Waals surface area (Å²) in [6.07, 6.45) is 0.915. The van der Waals surface area contributed by atoms with Crippen LogP contribution >= 0.6 is 0 Å². The average molecular weight is 345 g/mol. The Bertz CT molecular complexity index is 961. The molecule has 0 bridgehead atoms. The fraction of sp³-hybridized carbons (Fsp3) is 0.250. The standard InChI is InChI=1S/C24H24FN/c1-4-24(26-15-18-10-8-9-16(2)13-18)22-17(3)21(25)14-20(23(22)24)19-11-6-5-7-12-19/h5-14,26H,4,15H2,1-3H3. The van der Waals surface area contributed by atoms with Crippen molar-refractivity contribution in [1.82, 2.24) is 5.32 Å². The fourth-order valence-corrected chi connectivity index (χ4v) is 4.19. The van der Waals surface area contributed by atoms with Gasteiger partial charge in [-0.25, -0.2) is 4.39 Å². The second-order valence-electron chi connectivity index (χ2n) is 7.25. The molecule has 0 aromatic heterocycles. The molecule has 1 nitrogen and oxygen atoms in total. The highest BCUT2D eigenvalue weighted by Crippen LogP contribution is 2.57. The van der Waals surface area contributed by atoms with Crippen molar-refractivity contribution in [1.29, 1.82) is 0 Å². The molecule has 1 unspecified atom stereocenters. The molecule has 0 saturated carbocycles. The van der Waals surface area contributed by atoms with Gasteiger partial charge in [-0.3, -0.25) is 5.32 Å². The number of halogens is 1. The topological polar surface area (TPSA) is 12.0 Å². The van der Waals surface area contributed by atoms with E-state index in [0.29, 0.717) is 0 Å². The first-order valence-corrected chi connectivity index (χ1v) is 9.27. The minimum Gasteiger partial charge on any atom is -0.300 e. The summed E-state index contributed by atoms with van der Waals surface area (Å²) in [6.45, 7) is 6.96. The quantitative estimate of drug-likeness (QED) is 0.610. The van der Waals surface area contributed by atoms with Crippen molar-refractivity contribution in [3.63, 3.8) is 0 Å². The number of hydrogen-bond donors (Lipinski definition) is 1. The van der Waals surface area contributed by atoms with Gasteiger partial charge in [-0.2, -0.15) is 0 Å². The Morgan fingerprint density at radius 3 is 2.38 bits per heavy atom. The maximum Gasteiger partial charge on any atom is 0.127 e. The van der Waals surface area contributed by atoms with Crippen molar-refractivity contribution in [2.75, 3.05) is 0 Å². The van der Waals surface area contributed by atoms with Gasteiger partial charge < -0.3 is 0 Å². The van der Waals surface area contributed by atoms with Crippen LogP contribution in [0.25, 0.3) is 11.1 Å². The summed E-state index contributed by atoms with van der Waals surface area (Å²) in [5.74, 6) is -0.115. The van der Waals surface area contributed by atoms with E-state index in [2.05, 4.69) is 55.6 Å². The summed E-state index contributed by atoms with van der Waals surface area (Å²) in [7, 11) is 0. The summed E-state index contributed by atoms with van der Waals surface area (Å²) in [4.78, 5) is 0. The Balaban J connectivity index is 1.73. The lowest BCUT2D eigenvalue weighted by Gasteiger charge is -2.18. The van der Waals surface area contributed by atoms with E-state index in [0.717, 1.165) is 35.2 Å². The van der Waals surface area contributed by atoms with Crippen LogP contribution in [0.4, 0.5) is 4.39 Å². The summed E-state index contributed by atoms with van der Waals surface area (Å²) in [5.41, 5.74) is 7.58. The molecule has 0 amide bonds. The second-order valence-corrected chi connectivity index (χ2v) is 7.25. The molecule has 0 radical (unpaired) electrons. The van der Waals surface area contributed by atoms with Crippen LogP contribution in [-0.4, -0.2) is 0 Å². The van der Waals surface area contributed by atoms with Gasteiger partial charge in [0.1, 0.15) is 5.82 Å². The van der Waals surface area contributed by atoms with E-state index in [-0.39, 0.29) is 11.4 Å². The number of hydrogen-bond acceptors (Lipinski definition) is 1. The van der Waals surface area contributed by atoms with Crippen LogP contribution in [0.3, 0.4) is 0 Å². The van der Waals surface area contributed by atoms with Crippen LogP contribution in [-0.2, 0) is 12.1 Å². The van der Waals surface area contributed by atoms with Crippen LogP contribution in [0.1, 0.15) is 41.2 Å². The first-order valence-electron chi connectivity index (χ1n) is 9.27. The van der Waals surface area contributed by atoms with Crippen LogP contribution in [0.15, 0.2) is 60.7 Å². The molecule has 1 atom stereocenters. The van der Waals surface area contributed by atoms with Crippen LogP contribution in [0, 0.1) is 19.7 Å². The van der Waals surface area contributed by atoms with Gasteiger partial charge in [-0.15, -0.1) is 0 Å². The number of nitrogens with one attached hydrogen (secondary N) is 1. The number of benzene rings is 3. The summed E-state index contributed by atoms with van der Waals surface area (Å²) in [5, 5.41) is 3.74. The van der Waals surface area contributed by atoms with E-state index < -0.39 is 0 Å². The van der Waals surface area contributed by atoms with Gasteiger partial charge >= 0.3 is 0 Å². The summed E-state index contributed by atoms with van der Waals surface area (Å²) >= 11 is 0. The fourth-order valence-electron chi connectivity index (χ4n) is 4.19. The van der Waals surface area contributed by atoms with Gasteiger partial charge in [0.2, 0.25) is 0 Å². The minimum atomic E-state index is -0.219. The Labute approximate surface area is 154 Å². The molecule has 1 aliphatic rings. The Hall–Kier alpha value is -2.45. The Kier molecular flexibility index (Phi) is 4.16. The van der Waals surface area contributed by atoms with Gasteiger partial charge in [0, 0.05) is 6.54 Å². The molecule has 0 saturated heterocycles. The molecule has 3 aromatic rings. The van der Waals surface area contributed by atoms with Crippen molar-refractivity contribution in [2.24, 2.45) is 0 Å². The van der Waals surface area contributed by atoms with Crippen LogP contribution in [0.5, 0.6) is 0 Å². The number of fused-ring (bicyclic) bond motifs is 1. The molecule has 132 valence electrons. The molecular weight excluding hydrogens is 321 g/mol. The minimum absolute atomic E-state index is 0.115. The van der Waals surface area contributed by atoms with Gasteiger partial charge in [0.15, 0.2) is 0 Å². The molecular formula is C24H24FN. The van der Waals surface area contributed by atoms with E-state index in [1.807, 2.05) is 25.1 Å². The third kappa shape index (κ3) is 2.65. The maximum atomic E-state index is 14.6. The first-order chi connectivity index (χ1) is 12.6. The van der Waals surface area contributed by atoms with Gasteiger partial charge in [-0.05, 0) is 59.7 Å². The molecule has 4 rings (SSSR count). The molecule has 2 heteroatoms. The van der Waals surface area contributed by atoms with Crippen molar-refractivity contribution < 1.29 is 4.39 Å². The smallest absolute Gasteiger partial charge is 0.127 e. The third-order valence-corrected chi connectivity index (χ3v) is 5.61. The molecule has 0 aliphatic heterocycles. The predicted molar refractivity (Wildman–Crippen MR) is 106 cm³/mol. The molecule has 0 fully saturated rings. The molecule has 26 heavy (non-hydrogen) atoms. The van der Waals surface area contributed by atoms with Crippen molar-refractivity contribution in [2.45, 2.75) is 39.3 Å². The van der Waals surface area contributed by atoms with Crippen molar-refractivity contribution in [3.8, 4) is 11.1 Å². The largest absolute Gasteiger partial charge is 0.300 e. The van der Waals surface area contributed by atoms with Gasteiger partial charge in [-0.1, -0.05) is 67.1 Å².